The number of aromatic nitrogens is 1. The molecule has 96 valence electrons. The number of alkyl halides is 3. The molecule has 0 unspecified atom stereocenters. The molecule has 6 heteroatoms. The third-order valence-corrected chi connectivity index (χ3v) is 3.30. The van der Waals surface area contributed by atoms with Gasteiger partial charge in [0.2, 0.25) is 0 Å². The zero-order chi connectivity index (χ0) is 13.3. The fourth-order valence-electron chi connectivity index (χ4n) is 1.55. The van der Waals surface area contributed by atoms with Gasteiger partial charge in [-0.25, -0.2) is 4.98 Å². The number of pyridine rings is 1. The number of hydrogen-bond donors (Lipinski definition) is 1. The number of anilines is 1. The van der Waals surface area contributed by atoms with Gasteiger partial charge in [0.05, 0.1) is 11.3 Å². The Balaban J connectivity index is 2.54. The van der Waals surface area contributed by atoms with Crippen molar-refractivity contribution < 1.29 is 13.2 Å². The van der Waals surface area contributed by atoms with Crippen LogP contribution in [0.1, 0.15) is 10.4 Å². The first kappa shape index (κ1) is 12.9. The van der Waals surface area contributed by atoms with E-state index in [4.69, 9.17) is 0 Å². The summed E-state index contributed by atoms with van der Waals surface area (Å²) in [7, 11) is 1.55. The summed E-state index contributed by atoms with van der Waals surface area (Å²) in [4.78, 5) is 5.18. The van der Waals surface area contributed by atoms with Gasteiger partial charge in [-0.3, -0.25) is 0 Å². The zero-order valence-corrected chi connectivity index (χ0v) is 10.6. The van der Waals surface area contributed by atoms with Crippen molar-refractivity contribution in [3.63, 3.8) is 0 Å². The Hall–Kier alpha value is -1.56. The Morgan fingerprint density at radius 2 is 1.94 bits per heavy atom. The van der Waals surface area contributed by atoms with Crippen LogP contribution in [0, 0.1) is 6.92 Å². The van der Waals surface area contributed by atoms with Gasteiger partial charge >= 0.3 is 6.18 Å². The van der Waals surface area contributed by atoms with Crippen LogP contribution in [0.4, 0.5) is 19.0 Å². The highest BCUT2D eigenvalue weighted by molar-refractivity contribution is 7.10. The highest BCUT2D eigenvalue weighted by Crippen LogP contribution is 2.34. The van der Waals surface area contributed by atoms with Crippen LogP contribution in [0.2, 0.25) is 0 Å². The molecule has 1 N–H and O–H groups in total. The predicted octanol–water partition coefficient (Wildman–Crippen LogP) is 4.18. The van der Waals surface area contributed by atoms with Gasteiger partial charge in [0.1, 0.15) is 5.82 Å². The fraction of sp³-hybridized carbons (Fsp3) is 0.250. The molecule has 0 aliphatic heterocycles. The van der Waals surface area contributed by atoms with E-state index in [1.807, 2.05) is 13.0 Å². The minimum Gasteiger partial charge on any atom is -0.373 e. The normalized spacial score (nSPS) is 11.6. The molecule has 0 atom stereocenters. The molecular formula is C12H11F3N2S. The molecule has 0 aromatic carbocycles. The number of halogens is 3. The smallest absolute Gasteiger partial charge is 0.373 e. The molecule has 0 fully saturated rings. The van der Waals surface area contributed by atoms with E-state index in [9.17, 15) is 13.2 Å². The van der Waals surface area contributed by atoms with Gasteiger partial charge in [0.15, 0.2) is 0 Å². The molecule has 2 aromatic rings. The maximum atomic E-state index is 12.8. The lowest BCUT2D eigenvalue weighted by molar-refractivity contribution is -0.137. The van der Waals surface area contributed by atoms with Crippen molar-refractivity contribution >= 4 is 17.2 Å². The van der Waals surface area contributed by atoms with Gasteiger partial charge in [0, 0.05) is 22.9 Å². The molecule has 0 spiro atoms. The standard InChI is InChI=1S/C12H11F3N2S/c1-7-3-8(6-18-7)10-4-9(12(13,14)15)5-11(16-2)17-10/h3-6H,1-2H3,(H,16,17). The molecule has 0 aliphatic rings. The summed E-state index contributed by atoms with van der Waals surface area (Å²) in [5.74, 6) is 0.212. The van der Waals surface area contributed by atoms with Crippen molar-refractivity contribution in [2.75, 3.05) is 12.4 Å². The van der Waals surface area contributed by atoms with E-state index < -0.39 is 11.7 Å². The van der Waals surface area contributed by atoms with Gasteiger partial charge in [-0.15, -0.1) is 11.3 Å². The van der Waals surface area contributed by atoms with Crippen molar-refractivity contribution in [3.05, 3.63) is 34.0 Å². The molecule has 2 aromatic heterocycles. The van der Waals surface area contributed by atoms with Gasteiger partial charge in [-0.1, -0.05) is 0 Å². The largest absolute Gasteiger partial charge is 0.416 e. The maximum Gasteiger partial charge on any atom is 0.416 e. The van der Waals surface area contributed by atoms with Gasteiger partial charge in [-0.05, 0) is 25.1 Å². The van der Waals surface area contributed by atoms with Crippen molar-refractivity contribution in [3.8, 4) is 11.3 Å². The SMILES string of the molecule is CNc1cc(C(F)(F)F)cc(-c2csc(C)c2)n1. The number of rotatable bonds is 2. The Labute approximate surface area is 106 Å². The Bertz CT molecular complexity index is 561. The van der Waals surface area contributed by atoms with Gasteiger partial charge in [0.25, 0.3) is 0 Å². The molecule has 2 rings (SSSR count). The summed E-state index contributed by atoms with van der Waals surface area (Å²) in [6.45, 7) is 1.90. The van der Waals surface area contributed by atoms with Gasteiger partial charge < -0.3 is 5.32 Å². The van der Waals surface area contributed by atoms with E-state index in [1.165, 1.54) is 11.3 Å². The molecule has 0 bridgehead atoms. The summed E-state index contributed by atoms with van der Waals surface area (Å²) >= 11 is 1.48. The van der Waals surface area contributed by atoms with Crippen LogP contribution in [-0.4, -0.2) is 12.0 Å². The minimum absolute atomic E-state index is 0.212. The second kappa shape index (κ2) is 4.61. The number of hydrogen-bond acceptors (Lipinski definition) is 3. The summed E-state index contributed by atoms with van der Waals surface area (Å²) < 4.78 is 38.3. The lowest BCUT2D eigenvalue weighted by Gasteiger charge is -2.10. The minimum atomic E-state index is -4.37. The lowest BCUT2D eigenvalue weighted by Crippen LogP contribution is -2.07. The Kier molecular flexibility index (Phi) is 3.30. The van der Waals surface area contributed by atoms with Crippen LogP contribution in [-0.2, 0) is 6.18 Å². The summed E-state index contributed by atoms with van der Waals surface area (Å²) in [6.07, 6.45) is -4.37. The van der Waals surface area contributed by atoms with E-state index in [0.29, 0.717) is 11.3 Å². The molecule has 2 heterocycles. The summed E-state index contributed by atoms with van der Waals surface area (Å²) in [5.41, 5.74) is 0.347. The lowest BCUT2D eigenvalue weighted by atomic mass is 10.1. The number of nitrogens with one attached hydrogen (secondary N) is 1. The van der Waals surface area contributed by atoms with Crippen LogP contribution in [0.3, 0.4) is 0 Å². The number of nitrogens with zero attached hydrogens (tertiary/aromatic N) is 1. The number of thiophene rings is 1. The van der Waals surface area contributed by atoms with Crippen LogP contribution in [0.5, 0.6) is 0 Å². The van der Waals surface area contributed by atoms with E-state index >= 15 is 0 Å². The topological polar surface area (TPSA) is 24.9 Å². The molecular weight excluding hydrogens is 261 g/mol. The quantitative estimate of drug-likeness (QED) is 0.887. The maximum absolute atomic E-state index is 12.8. The van der Waals surface area contributed by atoms with Crippen LogP contribution >= 0.6 is 11.3 Å². The molecule has 0 amide bonds. The average Bonchev–Trinajstić information content (AvgIpc) is 2.74. The molecule has 0 saturated heterocycles. The zero-order valence-electron chi connectivity index (χ0n) is 9.80. The van der Waals surface area contributed by atoms with Crippen molar-refractivity contribution in [1.82, 2.24) is 4.98 Å². The van der Waals surface area contributed by atoms with Crippen molar-refractivity contribution in [1.29, 1.82) is 0 Å². The second-order valence-corrected chi connectivity index (χ2v) is 4.94. The first-order valence-electron chi connectivity index (χ1n) is 5.22. The van der Waals surface area contributed by atoms with E-state index in [0.717, 1.165) is 17.0 Å². The molecule has 0 saturated carbocycles. The third-order valence-electron chi connectivity index (χ3n) is 2.44. The number of aryl methyl sites for hydroxylation is 1. The highest BCUT2D eigenvalue weighted by atomic mass is 32.1. The van der Waals surface area contributed by atoms with E-state index in [2.05, 4.69) is 10.3 Å². The molecule has 0 radical (unpaired) electrons. The summed E-state index contributed by atoms with van der Waals surface area (Å²) in [5, 5.41) is 4.45. The Morgan fingerprint density at radius 3 is 2.44 bits per heavy atom. The average molecular weight is 272 g/mol. The van der Waals surface area contributed by atoms with Crippen molar-refractivity contribution in [2.24, 2.45) is 0 Å². The van der Waals surface area contributed by atoms with E-state index in [1.54, 1.807) is 12.4 Å². The first-order valence-corrected chi connectivity index (χ1v) is 6.10. The second-order valence-electron chi connectivity index (χ2n) is 3.82. The highest BCUT2D eigenvalue weighted by Gasteiger charge is 2.31. The predicted molar refractivity (Wildman–Crippen MR) is 66.8 cm³/mol. The first-order chi connectivity index (χ1) is 8.40. The fourth-order valence-corrected chi connectivity index (χ4v) is 2.24. The Morgan fingerprint density at radius 1 is 1.22 bits per heavy atom. The molecule has 18 heavy (non-hydrogen) atoms. The van der Waals surface area contributed by atoms with Crippen molar-refractivity contribution in [2.45, 2.75) is 13.1 Å². The summed E-state index contributed by atoms with van der Waals surface area (Å²) in [6, 6.07) is 3.90. The monoisotopic (exact) mass is 272 g/mol. The van der Waals surface area contributed by atoms with Gasteiger partial charge in [-0.2, -0.15) is 13.2 Å². The van der Waals surface area contributed by atoms with Crippen LogP contribution in [0.15, 0.2) is 23.6 Å². The van der Waals surface area contributed by atoms with Crippen LogP contribution < -0.4 is 5.32 Å². The molecule has 0 aliphatic carbocycles. The third kappa shape index (κ3) is 2.64. The van der Waals surface area contributed by atoms with E-state index in [-0.39, 0.29) is 5.82 Å². The van der Waals surface area contributed by atoms with Crippen LogP contribution in [0.25, 0.3) is 11.3 Å². The molecule has 2 nitrogen and oxygen atoms in total.